The molecule has 128 valence electrons. The molecule has 0 spiro atoms. The predicted molar refractivity (Wildman–Crippen MR) is 91.0 cm³/mol. The van der Waals surface area contributed by atoms with Crippen LogP contribution in [0.1, 0.15) is 18.7 Å². The minimum atomic E-state index is -0.453. The lowest BCUT2D eigenvalue weighted by Gasteiger charge is -2.12. The number of hydrogen-bond acceptors (Lipinski definition) is 5. The van der Waals surface area contributed by atoms with E-state index in [1.807, 2.05) is 13.0 Å². The second kappa shape index (κ2) is 9.09. The Labute approximate surface area is 147 Å². The first-order valence-electron chi connectivity index (χ1n) is 7.27. The van der Waals surface area contributed by atoms with Gasteiger partial charge < -0.3 is 9.15 Å². The molecule has 1 heterocycles. The molecule has 8 heteroatoms. The molecular weight excluding hydrogens is 378 g/mol. The van der Waals surface area contributed by atoms with E-state index in [4.69, 9.17) is 9.15 Å². The van der Waals surface area contributed by atoms with Crippen LogP contribution in [0.4, 0.5) is 0 Å². The number of halogens is 1. The summed E-state index contributed by atoms with van der Waals surface area (Å²) in [5.74, 6) is 0.471. The molecule has 24 heavy (non-hydrogen) atoms. The molecule has 2 aromatic rings. The summed E-state index contributed by atoms with van der Waals surface area (Å²) in [6.45, 7) is 1.71. The van der Waals surface area contributed by atoms with Crippen LogP contribution in [0, 0.1) is 0 Å². The van der Waals surface area contributed by atoms with Crippen molar-refractivity contribution >= 4 is 27.7 Å². The number of furan rings is 1. The van der Waals surface area contributed by atoms with Crippen molar-refractivity contribution in [3.05, 3.63) is 52.9 Å². The molecule has 0 aliphatic rings. The van der Waals surface area contributed by atoms with E-state index in [9.17, 15) is 9.59 Å². The number of hydrazine groups is 1. The van der Waals surface area contributed by atoms with E-state index in [1.54, 1.807) is 36.6 Å². The second-order valence-electron chi connectivity index (χ2n) is 4.96. The first kappa shape index (κ1) is 18.0. The van der Waals surface area contributed by atoms with E-state index in [0.29, 0.717) is 5.75 Å². The Bertz CT molecular complexity index is 658. The van der Waals surface area contributed by atoms with Gasteiger partial charge >= 0.3 is 0 Å². The molecular formula is C16H18BrN3O4. The van der Waals surface area contributed by atoms with E-state index < -0.39 is 5.91 Å². The van der Waals surface area contributed by atoms with Crippen LogP contribution in [0.3, 0.4) is 0 Å². The Morgan fingerprint density at radius 3 is 2.54 bits per heavy atom. The Morgan fingerprint density at radius 2 is 1.88 bits per heavy atom. The van der Waals surface area contributed by atoms with Crippen LogP contribution in [0.5, 0.6) is 5.75 Å². The fourth-order valence-corrected chi connectivity index (χ4v) is 2.05. The van der Waals surface area contributed by atoms with E-state index in [2.05, 4.69) is 32.1 Å². The average molecular weight is 396 g/mol. The lowest BCUT2D eigenvalue weighted by Crippen LogP contribution is -2.47. The number of rotatable bonds is 7. The van der Waals surface area contributed by atoms with E-state index in [1.165, 1.54) is 0 Å². The molecule has 2 rings (SSSR count). The highest BCUT2D eigenvalue weighted by Gasteiger charge is 2.10. The standard InChI is InChI=1S/C16H18BrN3O4/c1-11(14-3-2-8-23-14)18-9-15(21)19-20-16(22)10-24-13-6-4-12(17)5-7-13/h2-8,11,18H,9-10H2,1H3,(H,19,21)(H,20,22)/t11-/m1/s1. The first-order chi connectivity index (χ1) is 11.5. The summed E-state index contributed by atoms with van der Waals surface area (Å²) in [7, 11) is 0. The quantitative estimate of drug-likeness (QED) is 0.622. The normalized spacial score (nSPS) is 11.6. The zero-order chi connectivity index (χ0) is 17.4. The van der Waals surface area contributed by atoms with Gasteiger partial charge in [-0.3, -0.25) is 25.8 Å². The summed E-state index contributed by atoms with van der Waals surface area (Å²) < 4.78 is 11.4. The molecule has 7 nitrogen and oxygen atoms in total. The molecule has 0 bridgehead atoms. The van der Waals surface area contributed by atoms with Crippen molar-refractivity contribution in [2.24, 2.45) is 0 Å². The van der Waals surface area contributed by atoms with Crippen LogP contribution < -0.4 is 20.9 Å². The molecule has 1 aromatic heterocycles. The Balaban J connectivity index is 1.62. The van der Waals surface area contributed by atoms with Crippen LogP contribution in [0.15, 0.2) is 51.6 Å². The predicted octanol–water partition coefficient (Wildman–Crippen LogP) is 1.92. The Morgan fingerprint density at radius 1 is 1.17 bits per heavy atom. The smallest absolute Gasteiger partial charge is 0.276 e. The number of carbonyl (C=O) groups excluding carboxylic acids is 2. The third-order valence-corrected chi connectivity index (χ3v) is 3.59. The molecule has 0 saturated carbocycles. The fraction of sp³-hybridized carbons (Fsp3) is 0.250. The van der Waals surface area contributed by atoms with Crippen molar-refractivity contribution in [3.8, 4) is 5.75 Å². The average Bonchev–Trinajstić information content (AvgIpc) is 3.12. The van der Waals surface area contributed by atoms with Crippen LogP contribution in [0.25, 0.3) is 0 Å². The van der Waals surface area contributed by atoms with Crippen LogP contribution in [-0.4, -0.2) is 25.0 Å². The zero-order valence-corrected chi connectivity index (χ0v) is 14.6. The molecule has 0 radical (unpaired) electrons. The summed E-state index contributed by atoms with van der Waals surface area (Å²) in [6.07, 6.45) is 1.57. The van der Waals surface area contributed by atoms with Crippen molar-refractivity contribution in [3.63, 3.8) is 0 Å². The van der Waals surface area contributed by atoms with Gasteiger partial charge in [0.1, 0.15) is 11.5 Å². The molecule has 0 saturated heterocycles. The van der Waals surface area contributed by atoms with Crippen LogP contribution in [0.2, 0.25) is 0 Å². The maximum atomic E-state index is 11.7. The highest BCUT2D eigenvalue weighted by molar-refractivity contribution is 9.10. The Hall–Kier alpha value is -2.32. The maximum Gasteiger partial charge on any atom is 0.276 e. The van der Waals surface area contributed by atoms with Gasteiger partial charge in [-0.25, -0.2) is 0 Å². The topological polar surface area (TPSA) is 92.6 Å². The number of hydrogen-bond donors (Lipinski definition) is 3. The van der Waals surface area contributed by atoms with Crippen molar-refractivity contribution in [1.29, 1.82) is 0 Å². The molecule has 3 N–H and O–H groups in total. The fourth-order valence-electron chi connectivity index (χ4n) is 1.78. The van der Waals surface area contributed by atoms with E-state index in [0.717, 1.165) is 10.2 Å². The highest BCUT2D eigenvalue weighted by Crippen LogP contribution is 2.15. The summed E-state index contributed by atoms with van der Waals surface area (Å²) >= 11 is 3.31. The van der Waals surface area contributed by atoms with Gasteiger partial charge in [0.2, 0.25) is 0 Å². The minimum Gasteiger partial charge on any atom is -0.484 e. The molecule has 0 fully saturated rings. The number of carbonyl (C=O) groups is 2. The number of ether oxygens (including phenoxy) is 1. The monoisotopic (exact) mass is 395 g/mol. The summed E-state index contributed by atoms with van der Waals surface area (Å²) in [6, 6.07) is 10.6. The van der Waals surface area contributed by atoms with E-state index in [-0.39, 0.29) is 25.1 Å². The zero-order valence-electron chi connectivity index (χ0n) is 13.0. The molecule has 2 amide bonds. The molecule has 0 unspecified atom stereocenters. The molecule has 1 atom stereocenters. The van der Waals surface area contributed by atoms with Gasteiger partial charge in [-0.05, 0) is 43.3 Å². The molecule has 0 aliphatic carbocycles. The van der Waals surface area contributed by atoms with Gasteiger partial charge in [-0.1, -0.05) is 15.9 Å². The number of benzene rings is 1. The maximum absolute atomic E-state index is 11.7. The number of amides is 2. The minimum absolute atomic E-state index is 0.0374. The Kier molecular flexibility index (Phi) is 6.83. The molecule has 0 aliphatic heterocycles. The SMILES string of the molecule is C[C@@H](NCC(=O)NNC(=O)COc1ccc(Br)cc1)c1ccco1. The summed E-state index contributed by atoms with van der Waals surface area (Å²) in [5, 5.41) is 2.98. The van der Waals surface area contributed by atoms with Gasteiger partial charge in [-0.15, -0.1) is 0 Å². The third-order valence-electron chi connectivity index (χ3n) is 3.06. The number of nitrogens with one attached hydrogen (secondary N) is 3. The third kappa shape index (κ3) is 6.05. The molecule has 1 aromatic carbocycles. The lowest BCUT2D eigenvalue weighted by atomic mass is 10.2. The van der Waals surface area contributed by atoms with E-state index >= 15 is 0 Å². The van der Waals surface area contributed by atoms with Gasteiger partial charge in [0, 0.05) is 4.47 Å². The highest BCUT2D eigenvalue weighted by atomic mass is 79.9. The van der Waals surface area contributed by atoms with Crippen molar-refractivity contribution < 1.29 is 18.7 Å². The second-order valence-corrected chi connectivity index (χ2v) is 5.87. The van der Waals surface area contributed by atoms with Crippen LogP contribution >= 0.6 is 15.9 Å². The van der Waals surface area contributed by atoms with Gasteiger partial charge in [0.25, 0.3) is 11.8 Å². The van der Waals surface area contributed by atoms with Gasteiger partial charge in [0.15, 0.2) is 6.61 Å². The summed E-state index contributed by atoms with van der Waals surface area (Å²) in [4.78, 5) is 23.3. The first-order valence-corrected chi connectivity index (χ1v) is 8.06. The largest absolute Gasteiger partial charge is 0.484 e. The van der Waals surface area contributed by atoms with Crippen LogP contribution in [-0.2, 0) is 9.59 Å². The van der Waals surface area contributed by atoms with Gasteiger partial charge in [-0.2, -0.15) is 0 Å². The lowest BCUT2D eigenvalue weighted by molar-refractivity contribution is -0.129. The van der Waals surface area contributed by atoms with Crippen molar-refractivity contribution in [2.45, 2.75) is 13.0 Å². The van der Waals surface area contributed by atoms with Gasteiger partial charge in [0.05, 0.1) is 18.8 Å². The van der Waals surface area contributed by atoms with Crippen molar-refractivity contribution in [1.82, 2.24) is 16.2 Å². The van der Waals surface area contributed by atoms with Crippen molar-refractivity contribution in [2.75, 3.05) is 13.2 Å². The summed E-state index contributed by atoms with van der Waals surface area (Å²) in [5.41, 5.74) is 4.60.